The Labute approximate surface area is 106 Å². The minimum Gasteiger partial charge on any atom is -0.398 e. The van der Waals surface area contributed by atoms with Gasteiger partial charge in [-0.3, -0.25) is 4.79 Å². The Kier molecular flexibility index (Phi) is 4.59. The summed E-state index contributed by atoms with van der Waals surface area (Å²) in [6, 6.07) is 5.14. The van der Waals surface area contributed by atoms with Crippen LogP contribution in [0.15, 0.2) is 23.1 Å². The normalized spacial score (nSPS) is 11.4. The standard InChI is InChI=1S/C11H15NO3S2/c1-8(13)10-4-3-9(7-11(10)12)16-5-6-17(2,14)15/h3-4,7H,5-6,12H2,1-2H3. The van der Waals surface area contributed by atoms with Gasteiger partial charge in [0.2, 0.25) is 0 Å². The predicted octanol–water partition coefficient (Wildman–Crippen LogP) is 1.61. The molecule has 0 heterocycles. The van der Waals surface area contributed by atoms with E-state index in [0.717, 1.165) is 4.90 Å². The Morgan fingerprint density at radius 2 is 2.06 bits per heavy atom. The van der Waals surface area contributed by atoms with Gasteiger partial charge >= 0.3 is 0 Å². The first-order valence-electron chi connectivity index (χ1n) is 5.00. The van der Waals surface area contributed by atoms with Gasteiger partial charge in [-0.25, -0.2) is 8.42 Å². The topological polar surface area (TPSA) is 77.2 Å². The fraction of sp³-hybridized carbons (Fsp3) is 0.364. The van der Waals surface area contributed by atoms with Crippen molar-refractivity contribution < 1.29 is 13.2 Å². The van der Waals surface area contributed by atoms with E-state index in [1.165, 1.54) is 24.9 Å². The molecule has 2 N–H and O–H groups in total. The molecule has 6 heteroatoms. The SMILES string of the molecule is CC(=O)c1ccc(SCCS(C)(=O)=O)cc1N. The van der Waals surface area contributed by atoms with Crippen LogP contribution in [0.1, 0.15) is 17.3 Å². The number of rotatable bonds is 5. The maximum atomic E-state index is 11.2. The molecular formula is C11H15NO3S2. The van der Waals surface area contributed by atoms with Gasteiger partial charge in [-0.1, -0.05) is 0 Å². The van der Waals surface area contributed by atoms with E-state index in [2.05, 4.69) is 0 Å². The largest absolute Gasteiger partial charge is 0.398 e. The van der Waals surface area contributed by atoms with Crippen LogP contribution < -0.4 is 5.73 Å². The molecule has 0 aliphatic rings. The van der Waals surface area contributed by atoms with E-state index < -0.39 is 9.84 Å². The van der Waals surface area contributed by atoms with E-state index in [0.29, 0.717) is 17.0 Å². The van der Waals surface area contributed by atoms with Crippen LogP contribution in [-0.2, 0) is 9.84 Å². The fourth-order valence-corrected chi connectivity index (χ4v) is 3.42. The lowest BCUT2D eigenvalue weighted by Crippen LogP contribution is -2.05. The molecule has 1 aromatic carbocycles. The molecule has 4 nitrogen and oxygen atoms in total. The van der Waals surface area contributed by atoms with Crippen molar-refractivity contribution in [2.75, 3.05) is 23.5 Å². The van der Waals surface area contributed by atoms with E-state index in [1.807, 2.05) is 0 Å². The van der Waals surface area contributed by atoms with Gasteiger partial charge < -0.3 is 5.73 Å². The number of benzene rings is 1. The van der Waals surface area contributed by atoms with Gasteiger partial charge in [0.1, 0.15) is 9.84 Å². The quantitative estimate of drug-likeness (QED) is 0.501. The van der Waals surface area contributed by atoms with E-state index in [1.54, 1.807) is 18.2 Å². The van der Waals surface area contributed by atoms with Crippen LogP contribution in [0.2, 0.25) is 0 Å². The highest BCUT2D eigenvalue weighted by Gasteiger charge is 2.07. The van der Waals surface area contributed by atoms with Crippen LogP contribution >= 0.6 is 11.8 Å². The van der Waals surface area contributed by atoms with Gasteiger partial charge in [0.15, 0.2) is 5.78 Å². The highest BCUT2D eigenvalue weighted by atomic mass is 32.2. The average molecular weight is 273 g/mol. The number of sulfone groups is 1. The Morgan fingerprint density at radius 1 is 1.41 bits per heavy atom. The summed E-state index contributed by atoms with van der Waals surface area (Å²) in [4.78, 5) is 12.0. The molecule has 0 aliphatic carbocycles. The van der Waals surface area contributed by atoms with Crippen molar-refractivity contribution in [3.8, 4) is 0 Å². The van der Waals surface area contributed by atoms with Crippen molar-refractivity contribution in [2.24, 2.45) is 0 Å². The number of thioether (sulfide) groups is 1. The molecule has 0 spiro atoms. The third kappa shape index (κ3) is 4.79. The molecule has 0 fully saturated rings. The molecule has 94 valence electrons. The van der Waals surface area contributed by atoms with E-state index in [-0.39, 0.29) is 11.5 Å². The van der Waals surface area contributed by atoms with Crippen LogP contribution in [-0.4, -0.2) is 32.0 Å². The molecule has 0 aromatic heterocycles. The summed E-state index contributed by atoms with van der Waals surface area (Å²) < 4.78 is 21.9. The van der Waals surface area contributed by atoms with Crippen molar-refractivity contribution >= 4 is 33.1 Å². The van der Waals surface area contributed by atoms with Crippen LogP contribution in [0.3, 0.4) is 0 Å². The highest BCUT2D eigenvalue weighted by molar-refractivity contribution is 8.00. The molecule has 0 bridgehead atoms. The molecule has 0 radical (unpaired) electrons. The summed E-state index contributed by atoms with van der Waals surface area (Å²) in [5.41, 5.74) is 6.66. The van der Waals surface area contributed by atoms with Crippen molar-refractivity contribution in [3.05, 3.63) is 23.8 Å². The van der Waals surface area contributed by atoms with Gasteiger partial charge in [0.05, 0.1) is 5.75 Å². The second kappa shape index (κ2) is 5.55. The first kappa shape index (κ1) is 14.1. The molecule has 0 saturated heterocycles. The molecule has 0 amide bonds. The summed E-state index contributed by atoms with van der Waals surface area (Å²) in [5.74, 6) is 0.541. The lowest BCUT2D eigenvalue weighted by molar-refractivity contribution is 0.101. The third-order valence-corrected chi connectivity index (χ3v) is 4.32. The lowest BCUT2D eigenvalue weighted by Gasteiger charge is -2.05. The minimum absolute atomic E-state index is 0.0739. The second-order valence-electron chi connectivity index (χ2n) is 3.78. The second-order valence-corrected chi connectivity index (χ2v) is 7.21. The van der Waals surface area contributed by atoms with Crippen molar-refractivity contribution in [1.82, 2.24) is 0 Å². The molecule has 0 aliphatic heterocycles. The Morgan fingerprint density at radius 3 is 2.53 bits per heavy atom. The van der Waals surface area contributed by atoms with Crippen molar-refractivity contribution in [1.29, 1.82) is 0 Å². The summed E-state index contributed by atoms with van der Waals surface area (Å²) in [5, 5.41) is 0. The van der Waals surface area contributed by atoms with Gasteiger partial charge in [-0.15, -0.1) is 11.8 Å². The zero-order chi connectivity index (χ0) is 13.1. The van der Waals surface area contributed by atoms with Gasteiger partial charge in [-0.2, -0.15) is 0 Å². The third-order valence-electron chi connectivity index (χ3n) is 2.13. The zero-order valence-corrected chi connectivity index (χ0v) is 11.4. The number of nitrogens with two attached hydrogens (primary N) is 1. The Hall–Kier alpha value is -1.01. The number of hydrogen-bond acceptors (Lipinski definition) is 5. The molecule has 0 atom stereocenters. The van der Waals surface area contributed by atoms with E-state index in [4.69, 9.17) is 5.73 Å². The van der Waals surface area contributed by atoms with Gasteiger partial charge in [0, 0.05) is 28.2 Å². The van der Waals surface area contributed by atoms with Crippen LogP contribution in [0, 0.1) is 0 Å². The van der Waals surface area contributed by atoms with Gasteiger partial charge in [0.25, 0.3) is 0 Å². The summed E-state index contributed by atoms with van der Waals surface area (Å²) >= 11 is 1.41. The first-order chi connectivity index (χ1) is 7.79. The predicted molar refractivity (Wildman–Crippen MR) is 71.3 cm³/mol. The Bertz CT molecular complexity index is 524. The molecule has 0 saturated carbocycles. The number of nitrogen functional groups attached to an aromatic ring is 1. The van der Waals surface area contributed by atoms with Crippen molar-refractivity contribution in [2.45, 2.75) is 11.8 Å². The number of hydrogen-bond donors (Lipinski definition) is 1. The maximum absolute atomic E-state index is 11.2. The summed E-state index contributed by atoms with van der Waals surface area (Å²) in [6.07, 6.45) is 1.21. The molecule has 17 heavy (non-hydrogen) atoms. The molecular weight excluding hydrogens is 258 g/mol. The Balaban J connectivity index is 2.68. The molecule has 1 rings (SSSR count). The van der Waals surface area contributed by atoms with E-state index >= 15 is 0 Å². The molecule has 1 aromatic rings. The maximum Gasteiger partial charge on any atom is 0.161 e. The van der Waals surface area contributed by atoms with Gasteiger partial charge in [-0.05, 0) is 25.1 Å². The number of anilines is 1. The van der Waals surface area contributed by atoms with Crippen LogP contribution in [0.25, 0.3) is 0 Å². The smallest absolute Gasteiger partial charge is 0.161 e. The fourth-order valence-electron chi connectivity index (χ4n) is 1.26. The summed E-state index contributed by atoms with van der Waals surface area (Å²) in [6.45, 7) is 1.46. The van der Waals surface area contributed by atoms with Crippen LogP contribution in [0.5, 0.6) is 0 Å². The van der Waals surface area contributed by atoms with Crippen molar-refractivity contribution in [3.63, 3.8) is 0 Å². The monoisotopic (exact) mass is 273 g/mol. The molecule has 0 unspecified atom stereocenters. The average Bonchev–Trinajstić information content (AvgIpc) is 2.15. The van der Waals surface area contributed by atoms with E-state index in [9.17, 15) is 13.2 Å². The van der Waals surface area contributed by atoms with Crippen LogP contribution in [0.4, 0.5) is 5.69 Å². The lowest BCUT2D eigenvalue weighted by atomic mass is 10.1. The summed E-state index contributed by atoms with van der Waals surface area (Å²) in [7, 11) is -2.93. The zero-order valence-electron chi connectivity index (χ0n) is 9.76. The number of carbonyl (C=O) groups is 1. The number of Topliss-reactive ketones (excluding diaryl/α,β-unsaturated/α-hetero) is 1. The first-order valence-corrected chi connectivity index (χ1v) is 8.05. The number of ketones is 1. The highest BCUT2D eigenvalue weighted by Crippen LogP contribution is 2.23. The minimum atomic E-state index is -2.93. The number of carbonyl (C=O) groups excluding carboxylic acids is 1.